The molecular formula is C17H19N5S. The second kappa shape index (κ2) is 5.30. The molecule has 2 unspecified atom stereocenters. The molecule has 3 saturated carbocycles. The van der Waals surface area contributed by atoms with E-state index in [4.69, 9.17) is 0 Å². The van der Waals surface area contributed by atoms with Gasteiger partial charge in [0.15, 0.2) is 11.5 Å². The van der Waals surface area contributed by atoms with Crippen molar-refractivity contribution in [3.05, 3.63) is 35.0 Å². The molecule has 0 saturated heterocycles. The minimum Gasteiger partial charge on any atom is -0.365 e. The number of thiophene rings is 1. The average Bonchev–Trinajstić information content (AvgIpc) is 3.28. The lowest BCUT2D eigenvalue weighted by Crippen LogP contribution is -2.46. The van der Waals surface area contributed by atoms with Crippen molar-refractivity contribution in [1.82, 2.24) is 19.9 Å². The van der Waals surface area contributed by atoms with Crippen LogP contribution in [-0.4, -0.2) is 26.0 Å². The van der Waals surface area contributed by atoms with E-state index in [1.807, 2.05) is 0 Å². The zero-order chi connectivity index (χ0) is 15.2. The summed E-state index contributed by atoms with van der Waals surface area (Å²) in [5, 5.41) is 8.29. The maximum absolute atomic E-state index is 4.48. The summed E-state index contributed by atoms with van der Waals surface area (Å²) in [4.78, 5) is 16.1. The highest BCUT2D eigenvalue weighted by molar-refractivity contribution is 7.08. The summed E-state index contributed by atoms with van der Waals surface area (Å²) in [6.45, 7) is 0. The van der Waals surface area contributed by atoms with Gasteiger partial charge in [-0.1, -0.05) is 0 Å². The molecule has 0 aromatic carbocycles. The molecule has 6 heteroatoms. The highest BCUT2D eigenvalue weighted by Gasteiger charge is 2.44. The molecule has 3 aromatic heterocycles. The number of aromatic nitrogens is 4. The van der Waals surface area contributed by atoms with Gasteiger partial charge in [0.1, 0.15) is 11.8 Å². The smallest absolute Gasteiger partial charge is 0.182 e. The van der Waals surface area contributed by atoms with Gasteiger partial charge in [-0.05, 0) is 59.9 Å². The van der Waals surface area contributed by atoms with Crippen molar-refractivity contribution in [3.63, 3.8) is 0 Å². The monoisotopic (exact) mass is 325 g/mol. The Hall–Kier alpha value is -1.95. The molecule has 3 heterocycles. The van der Waals surface area contributed by atoms with E-state index in [1.54, 1.807) is 24.0 Å². The number of aromatic amines is 1. The van der Waals surface area contributed by atoms with E-state index in [-0.39, 0.29) is 0 Å². The number of rotatable bonds is 3. The second-order valence-electron chi connectivity index (χ2n) is 6.75. The van der Waals surface area contributed by atoms with Crippen LogP contribution in [0, 0.1) is 11.8 Å². The van der Waals surface area contributed by atoms with Gasteiger partial charge >= 0.3 is 0 Å². The first kappa shape index (κ1) is 13.5. The fourth-order valence-corrected chi connectivity index (χ4v) is 5.34. The van der Waals surface area contributed by atoms with Crippen LogP contribution < -0.4 is 5.32 Å². The van der Waals surface area contributed by atoms with Gasteiger partial charge in [0.25, 0.3) is 0 Å². The molecule has 2 bridgehead atoms. The maximum atomic E-state index is 4.48. The Labute approximate surface area is 138 Å². The Kier molecular flexibility index (Phi) is 3.11. The third kappa shape index (κ3) is 2.16. The van der Waals surface area contributed by atoms with Crippen LogP contribution in [0.25, 0.3) is 11.2 Å². The molecule has 118 valence electrons. The number of anilines is 1. The van der Waals surface area contributed by atoms with E-state index in [0.29, 0.717) is 12.0 Å². The first-order valence-electron chi connectivity index (χ1n) is 8.33. The summed E-state index contributed by atoms with van der Waals surface area (Å²) in [6, 6.07) is 2.76. The van der Waals surface area contributed by atoms with Crippen molar-refractivity contribution in [2.24, 2.45) is 11.8 Å². The molecule has 2 N–H and O–H groups in total. The summed E-state index contributed by atoms with van der Waals surface area (Å²) < 4.78 is 0. The topological polar surface area (TPSA) is 66.5 Å². The zero-order valence-electron chi connectivity index (χ0n) is 12.8. The number of nitrogens with one attached hydrogen (secondary N) is 2. The van der Waals surface area contributed by atoms with Gasteiger partial charge in [-0.2, -0.15) is 11.3 Å². The lowest BCUT2D eigenvalue weighted by atomic mass is 9.60. The predicted octanol–water partition coefficient (Wildman–Crippen LogP) is 3.80. The summed E-state index contributed by atoms with van der Waals surface area (Å²) in [5.74, 6) is 3.02. The molecule has 0 aliphatic heterocycles. The third-order valence-electron chi connectivity index (χ3n) is 5.67. The van der Waals surface area contributed by atoms with Crippen LogP contribution in [0.15, 0.2) is 29.5 Å². The number of hydrogen-bond donors (Lipinski definition) is 2. The number of hydrogen-bond acceptors (Lipinski definition) is 5. The minimum atomic E-state index is 0.457. The number of H-pyrrole nitrogens is 1. The Balaban J connectivity index is 1.53. The molecule has 3 aliphatic carbocycles. The molecule has 0 amide bonds. The number of fused-ring (bicyclic) bond motifs is 4. The second-order valence-corrected chi connectivity index (χ2v) is 7.53. The average molecular weight is 325 g/mol. The van der Waals surface area contributed by atoms with E-state index in [1.165, 1.54) is 31.2 Å². The van der Waals surface area contributed by atoms with Crippen molar-refractivity contribution >= 4 is 28.3 Å². The first-order valence-corrected chi connectivity index (χ1v) is 9.27. The van der Waals surface area contributed by atoms with E-state index in [0.717, 1.165) is 28.8 Å². The standard InChI is InChI=1S/C17H19N5S/c1-3-11-4-2-10(1)13(12-5-6-23-7-12)14(11)22-17-15-16(19-8-18-15)20-9-21-17/h5-11,13-14H,1-4H2,(H2,18,19,20,21,22). The Morgan fingerprint density at radius 3 is 2.78 bits per heavy atom. The van der Waals surface area contributed by atoms with Crippen LogP contribution in [0.3, 0.4) is 0 Å². The van der Waals surface area contributed by atoms with Crippen LogP contribution in [-0.2, 0) is 0 Å². The normalized spacial score (nSPS) is 29.9. The highest BCUT2D eigenvalue weighted by atomic mass is 32.1. The SMILES string of the molecule is c1nc(NC2C3CCC(CC3)C2c2ccsc2)c2[nH]cnc2n1. The van der Waals surface area contributed by atoms with Gasteiger partial charge in [0.05, 0.1) is 6.33 Å². The van der Waals surface area contributed by atoms with Crippen molar-refractivity contribution in [2.75, 3.05) is 5.32 Å². The zero-order valence-corrected chi connectivity index (χ0v) is 13.6. The van der Waals surface area contributed by atoms with Gasteiger partial charge in [-0.3, -0.25) is 0 Å². The summed E-state index contributed by atoms with van der Waals surface area (Å²) in [5.41, 5.74) is 3.14. The Morgan fingerprint density at radius 1 is 1.09 bits per heavy atom. The van der Waals surface area contributed by atoms with Gasteiger partial charge in [0.2, 0.25) is 0 Å². The van der Waals surface area contributed by atoms with E-state index >= 15 is 0 Å². The molecule has 6 rings (SSSR count). The largest absolute Gasteiger partial charge is 0.365 e. The minimum absolute atomic E-state index is 0.457. The predicted molar refractivity (Wildman–Crippen MR) is 91.6 cm³/mol. The molecule has 5 nitrogen and oxygen atoms in total. The van der Waals surface area contributed by atoms with Crippen LogP contribution >= 0.6 is 11.3 Å². The molecule has 0 radical (unpaired) electrons. The van der Waals surface area contributed by atoms with Crippen LogP contribution in [0.5, 0.6) is 0 Å². The molecule has 3 aliphatic rings. The first-order chi connectivity index (χ1) is 11.4. The van der Waals surface area contributed by atoms with Gasteiger partial charge in [-0.25, -0.2) is 15.0 Å². The highest BCUT2D eigenvalue weighted by Crippen LogP contribution is 2.51. The van der Waals surface area contributed by atoms with Crippen LogP contribution in [0.1, 0.15) is 37.2 Å². The van der Waals surface area contributed by atoms with Gasteiger partial charge in [0, 0.05) is 12.0 Å². The van der Waals surface area contributed by atoms with E-state index < -0.39 is 0 Å². The number of imidazole rings is 1. The molecule has 3 fully saturated rings. The lowest BCUT2D eigenvalue weighted by molar-refractivity contribution is 0.126. The summed E-state index contributed by atoms with van der Waals surface area (Å²) in [7, 11) is 0. The Bertz CT molecular complexity index is 803. The van der Waals surface area contributed by atoms with E-state index in [2.05, 4.69) is 42.1 Å². The molecule has 2 atom stereocenters. The molecule has 23 heavy (non-hydrogen) atoms. The van der Waals surface area contributed by atoms with Crippen LogP contribution in [0.4, 0.5) is 5.82 Å². The molecular weight excluding hydrogens is 306 g/mol. The van der Waals surface area contributed by atoms with Crippen molar-refractivity contribution in [2.45, 2.75) is 37.6 Å². The van der Waals surface area contributed by atoms with Gasteiger partial charge in [-0.15, -0.1) is 0 Å². The van der Waals surface area contributed by atoms with E-state index in [9.17, 15) is 0 Å². The quantitative estimate of drug-likeness (QED) is 0.768. The van der Waals surface area contributed by atoms with Gasteiger partial charge < -0.3 is 10.3 Å². The summed E-state index contributed by atoms with van der Waals surface area (Å²) in [6.07, 6.45) is 8.69. The van der Waals surface area contributed by atoms with Crippen molar-refractivity contribution in [1.29, 1.82) is 0 Å². The van der Waals surface area contributed by atoms with Crippen molar-refractivity contribution in [3.8, 4) is 0 Å². The molecule has 3 aromatic rings. The van der Waals surface area contributed by atoms with Crippen LogP contribution in [0.2, 0.25) is 0 Å². The fourth-order valence-electron chi connectivity index (χ4n) is 4.63. The fraction of sp³-hybridized carbons (Fsp3) is 0.471. The molecule has 0 spiro atoms. The maximum Gasteiger partial charge on any atom is 0.182 e. The van der Waals surface area contributed by atoms with Crippen molar-refractivity contribution < 1.29 is 0 Å². The summed E-state index contributed by atoms with van der Waals surface area (Å²) >= 11 is 1.80. The third-order valence-corrected chi connectivity index (χ3v) is 6.38. The lowest BCUT2D eigenvalue weighted by Gasteiger charge is -2.49. The number of nitrogens with zero attached hydrogens (tertiary/aromatic N) is 3. The Morgan fingerprint density at radius 2 is 1.96 bits per heavy atom.